The molecule has 0 unspecified atom stereocenters. The van der Waals surface area contributed by atoms with Crippen molar-refractivity contribution in [3.05, 3.63) is 66.9 Å². The second-order valence-corrected chi connectivity index (χ2v) is 7.49. The molecular formula is C24H23FN6O. The van der Waals surface area contributed by atoms with Crippen molar-refractivity contribution in [1.82, 2.24) is 15.0 Å². The van der Waals surface area contributed by atoms with Crippen LogP contribution in [0.5, 0.6) is 0 Å². The van der Waals surface area contributed by atoms with Gasteiger partial charge in [0.05, 0.1) is 35.8 Å². The highest BCUT2D eigenvalue weighted by Gasteiger charge is 2.17. The largest absolute Gasteiger partial charge is 0.386 e. The van der Waals surface area contributed by atoms with E-state index in [0.717, 1.165) is 41.1 Å². The van der Waals surface area contributed by atoms with Crippen LogP contribution in [0.3, 0.4) is 0 Å². The molecule has 162 valence electrons. The summed E-state index contributed by atoms with van der Waals surface area (Å²) in [5.74, 6) is 0.365. The lowest BCUT2D eigenvalue weighted by Gasteiger charge is -2.30. The molecule has 1 aliphatic rings. The van der Waals surface area contributed by atoms with Crippen LogP contribution in [0.4, 0.5) is 27.3 Å². The Morgan fingerprint density at radius 3 is 2.66 bits per heavy atom. The average Bonchev–Trinajstić information content (AvgIpc) is 2.84. The van der Waals surface area contributed by atoms with Gasteiger partial charge in [-0.25, -0.2) is 14.4 Å². The van der Waals surface area contributed by atoms with Gasteiger partial charge >= 0.3 is 0 Å². The third-order valence-corrected chi connectivity index (χ3v) is 5.55. The summed E-state index contributed by atoms with van der Waals surface area (Å²) in [4.78, 5) is 15.6. The van der Waals surface area contributed by atoms with Crippen molar-refractivity contribution in [3.8, 4) is 11.3 Å². The first kappa shape index (κ1) is 20.1. The number of hydrogen-bond donors (Lipinski definition) is 2. The summed E-state index contributed by atoms with van der Waals surface area (Å²) in [6.07, 6.45) is 3.20. The minimum atomic E-state index is -0.307. The lowest BCUT2D eigenvalue weighted by atomic mass is 10.1. The van der Waals surface area contributed by atoms with Crippen LogP contribution >= 0.6 is 0 Å². The lowest BCUT2D eigenvalue weighted by Crippen LogP contribution is -2.36. The Labute approximate surface area is 185 Å². The molecule has 4 aromatic rings. The molecule has 0 spiro atoms. The molecule has 2 aromatic carbocycles. The van der Waals surface area contributed by atoms with E-state index in [9.17, 15) is 4.39 Å². The van der Waals surface area contributed by atoms with E-state index in [0.29, 0.717) is 30.3 Å². The van der Waals surface area contributed by atoms with Crippen molar-refractivity contribution in [3.63, 3.8) is 0 Å². The lowest BCUT2D eigenvalue weighted by molar-refractivity contribution is 0.123. The fraction of sp³-hybridized carbons (Fsp3) is 0.208. The topological polar surface area (TPSA) is 75.2 Å². The van der Waals surface area contributed by atoms with Gasteiger partial charge in [0.2, 0.25) is 0 Å². The van der Waals surface area contributed by atoms with Crippen molar-refractivity contribution >= 4 is 33.8 Å². The summed E-state index contributed by atoms with van der Waals surface area (Å²) in [6.45, 7) is 3.10. The molecular weight excluding hydrogens is 407 g/mol. The number of halogens is 1. The van der Waals surface area contributed by atoms with Crippen LogP contribution < -0.4 is 15.5 Å². The number of hydrogen-bond acceptors (Lipinski definition) is 7. The fourth-order valence-electron chi connectivity index (χ4n) is 3.92. The van der Waals surface area contributed by atoms with E-state index in [4.69, 9.17) is 4.74 Å². The zero-order valence-corrected chi connectivity index (χ0v) is 17.7. The van der Waals surface area contributed by atoms with E-state index in [1.807, 2.05) is 19.2 Å². The molecule has 3 heterocycles. The zero-order valence-electron chi connectivity index (χ0n) is 17.7. The maximum absolute atomic E-state index is 14.2. The molecule has 0 saturated carbocycles. The average molecular weight is 430 g/mol. The number of nitrogens with one attached hydrogen (secondary N) is 2. The SMILES string of the molecule is CNc1cc2c(Nc3ccnc(-c4ccccc4F)c3)ncnc2cc1N1CCOCC1. The van der Waals surface area contributed by atoms with Gasteiger partial charge in [-0.15, -0.1) is 0 Å². The molecule has 5 rings (SSSR count). The fourth-order valence-corrected chi connectivity index (χ4v) is 3.92. The highest BCUT2D eigenvalue weighted by molar-refractivity contribution is 5.97. The minimum Gasteiger partial charge on any atom is -0.386 e. The third kappa shape index (κ3) is 3.92. The summed E-state index contributed by atoms with van der Waals surface area (Å²) >= 11 is 0. The Morgan fingerprint density at radius 1 is 1.00 bits per heavy atom. The molecule has 32 heavy (non-hydrogen) atoms. The quantitative estimate of drug-likeness (QED) is 0.484. The van der Waals surface area contributed by atoms with E-state index in [2.05, 4.69) is 42.6 Å². The van der Waals surface area contributed by atoms with Gasteiger partial charge in [-0.1, -0.05) is 12.1 Å². The van der Waals surface area contributed by atoms with Gasteiger partial charge in [0.1, 0.15) is 18.0 Å². The molecule has 1 fully saturated rings. The van der Waals surface area contributed by atoms with E-state index >= 15 is 0 Å². The highest BCUT2D eigenvalue weighted by Crippen LogP contribution is 2.34. The van der Waals surface area contributed by atoms with E-state index in [1.54, 1.807) is 30.7 Å². The highest BCUT2D eigenvalue weighted by atomic mass is 19.1. The van der Waals surface area contributed by atoms with Crippen LogP contribution in [0.25, 0.3) is 22.2 Å². The van der Waals surface area contributed by atoms with E-state index in [-0.39, 0.29) is 5.82 Å². The van der Waals surface area contributed by atoms with Crippen molar-refractivity contribution in [2.24, 2.45) is 0 Å². The summed E-state index contributed by atoms with van der Waals surface area (Å²) in [5.41, 5.74) is 4.71. The number of fused-ring (bicyclic) bond motifs is 1. The molecule has 0 amide bonds. The standard InChI is InChI=1S/C24H23FN6O/c1-26-22-13-18-21(14-23(22)31-8-10-32-11-9-31)28-15-29-24(18)30-16-6-7-27-20(12-16)17-4-2-3-5-19(17)25/h2-7,12-15,26H,8-11H2,1H3,(H,27,28,29,30). The number of pyridine rings is 1. The van der Waals surface area contributed by atoms with Crippen LogP contribution in [-0.2, 0) is 4.74 Å². The normalized spacial score (nSPS) is 13.9. The van der Waals surface area contributed by atoms with Crippen LogP contribution in [0.15, 0.2) is 61.1 Å². The molecule has 2 N–H and O–H groups in total. The van der Waals surface area contributed by atoms with Gasteiger partial charge in [0.25, 0.3) is 0 Å². The van der Waals surface area contributed by atoms with Crippen LogP contribution in [0.2, 0.25) is 0 Å². The van der Waals surface area contributed by atoms with Crippen LogP contribution in [0.1, 0.15) is 0 Å². The number of benzene rings is 2. The summed E-state index contributed by atoms with van der Waals surface area (Å²) < 4.78 is 19.7. The number of rotatable bonds is 5. The first-order valence-corrected chi connectivity index (χ1v) is 10.5. The van der Waals surface area contributed by atoms with Gasteiger partial charge in [0, 0.05) is 43.0 Å². The molecule has 7 nitrogen and oxygen atoms in total. The molecule has 0 aliphatic carbocycles. The number of anilines is 4. The monoisotopic (exact) mass is 430 g/mol. The van der Waals surface area contributed by atoms with Gasteiger partial charge in [-0.3, -0.25) is 4.98 Å². The van der Waals surface area contributed by atoms with Crippen molar-refractivity contribution in [2.45, 2.75) is 0 Å². The molecule has 1 aliphatic heterocycles. The first-order valence-electron chi connectivity index (χ1n) is 10.5. The van der Waals surface area contributed by atoms with Gasteiger partial charge < -0.3 is 20.3 Å². The van der Waals surface area contributed by atoms with Crippen molar-refractivity contribution in [1.29, 1.82) is 0 Å². The molecule has 2 aromatic heterocycles. The summed E-state index contributed by atoms with van der Waals surface area (Å²) in [6, 6.07) is 14.4. The maximum Gasteiger partial charge on any atom is 0.141 e. The van der Waals surface area contributed by atoms with E-state index < -0.39 is 0 Å². The third-order valence-electron chi connectivity index (χ3n) is 5.55. The Morgan fingerprint density at radius 2 is 1.84 bits per heavy atom. The maximum atomic E-state index is 14.2. The zero-order chi connectivity index (χ0) is 21.9. The number of nitrogens with zero attached hydrogens (tertiary/aromatic N) is 4. The molecule has 0 radical (unpaired) electrons. The van der Waals surface area contributed by atoms with Gasteiger partial charge in [0.15, 0.2) is 0 Å². The second-order valence-electron chi connectivity index (χ2n) is 7.49. The van der Waals surface area contributed by atoms with Crippen molar-refractivity contribution in [2.75, 3.05) is 48.9 Å². The predicted octanol–water partition coefficient (Wildman–Crippen LogP) is 4.45. The van der Waals surface area contributed by atoms with Gasteiger partial charge in [-0.2, -0.15) is 0 Å². The molecule has 0 bridgehead atoms. The second kappa shape index (κ2) is 8.76. The summed E-state index contributed by atoms with van der Waals surface area (Å²) in [7, 11) is 1.91. The van der Waals surface area contributed by atoms with Gasteiger partial charge in [-0.05, 0) is 36.4 Å². The summed E-state index contributed by atoms with van der Waals surface area (Å²) in [5, 5.41) is 7.53. The smallest absolute Gasteiger partial charge is 0.141 e. The number of ether oxygens (including phenoxy) is 1. The number of morpholine rings is 1. The van der Waals surface area contributed by atoms with Crippen LogP contribution in [0, 0.1) is 5.82 Å². The van der Waals surface area contributed by atoms with Crippen molar-refractivity contribution < 1.29 is 9.13 Å². The molecule has 0 atom stereocenters. The molecule has 1 saturated heterocycles. The van der Waals surface area contributed by atoms with E-state index in [1.165, 1.54) is 6.07 Å². The Hall–Kier alpha value is -3.78. The minimum absolute atomic E-state index is 0.307. The Balaban J connectivity index is 1.51. The Kier molecular flexibility index (Phi) is 5.51. The molecule has 8 heteroatoms. The Bertz CT molecular complexity index is 1260. The first-order chi connectivity index (χ1) is 15.7. The number of aromatic nitrogens is 3. The predicted molar refractivity (Wildman–Crippen MR) is 125 cm³/mol. The van der Waals surface area contributed by atoms with Crippen LogP contribution in [-0.4, -0.2) is 48.3 Å².